The average Bonchev–Trinajstić information content (AvgIpc) is 3.42. The molecule has 3 aromatic carbocycles. The molecule has 0 saturated heterocycles. The third kappa shape index (κ3) is 6.49. The SMILES string of the molecule is C=C(Nc1cc2c(c3c1CNC3C)n(C)c(=NC)n2CC(F)F)c1cc(F)cc(C(F)(F)F)c1.Fc1ccc(Cl)cc1. The first-order valence-electron chi connectivity index (χ1n) is 12.7. The molecule has 0 radical (unpaired) electrons. The fourth-order valence-electron chi connectivity index (χ4n) is 4.97. The van der Waals surface area contributed by atoms with E-state index in [0.717, 1.165) is 28.8 Å². The highest BCUT2D eigenvalue weighted by Gasteiger charge is 2.32. The van der Waals surface area contributed by atoms with Gasteiger partial charge in [-0.25, -0.2) is 17.6 Å². The third-order valence-electron chi connectivity index (χ3n) is 6.80. The molecule has 1 aliphatic heterocycles. The maximum absolute atomic E-state index is 13.9. The number of anilines is 1. The molecule has 1 atom stereocenters. The summed E-state index contributed by atoms with van der Waals surface area (Å²) in [5.41, 5.74) is 2.59. The van der Waals surface area contributed by atoms with Crippen LogP contribution < -0.4 is 16.3 Å². The lowest BCUT2D eigenvalue weighted by atomic mass is 10.0. The number of benzene rings is 3. The van der Waals surface area contributed by atoms with E-state index in [-0.39, 0.29) is 23.1 Å². The average molecular weight is 614 g/mol. The van der Waals surface area contributed by atoms with Crippen molar-refractivity contribution >= 4 is 34.0 Å². The molecule has 1 aliphatic rings. The molecular weight excluding hydrogens is 587 g/mol. The maximum atomic E-state index is 13.9. The molecular formula is C29H27ClF7N5. The van der Waals surface area contributed by atoms with E-state index in [2.05, 4.69) is 22.2 Å². The van der Waals surface area contributed by atoms with Crippen LogP contribution >= 0.6 is 11.6 Å². The molecule has 42 heavy (non-hydrogen) atoms. The van der Waals surface area contributed by atoms with Gasteiger partial charge in [0.05, 0.1) is 23.1 Å². The maximum Gasteiger partial charge on any atom is 0.416 e. The Kier molecular flexibility index (Phi) is 9.07. The Hall–Kier alpha value is -3.77. The number of aromatic nitrogens is 2. The van der Waals surface area contributed by atoms with E-state index in [1.54, 1.807) is 17.7 Å². The Labute approximate surface area is 241 Å². The molecule has 5 rings (SSSR count). The number of imidazole rings is 1. The number of hydrogen-bond acceptors (Lipinski definition) is 3. The number of rotatable bonds is 5. The molecule has 1 unspecified atom stereocenters. The number of halogens is 8. The number of nitrogens with one attached hydrogen (secondary N) is 2. The number of aryl methyl sites for hydroxylation is 1. The van der Waals surface area contributed by atoms with Crippen molar-refractivity contribution < 1.29 is 30.7 Å². The van der Waals surface area contributed by atoms with Gasteiger partial charge in [0.15, 0.2) is 0 Å². The lowest BCUT2D eigenvalue weighted by molar-refractivity contribution is -0.137. The van der Waals surface area contributed by atoms with Gasteiger partial charge in [0.2, 0.25) is 5.62 Å². The Balaban J connectivity index is 0.000000437. The van der Waals surface area contributed by atoms with Crippen molar-refractivity contribution in [2.24, 2.45) is 12.0 Å². The Morgan fingerprint density at radius 3 is 2.36 bits per heavy atom. The second kappa shape index (κ2) is 12.2. The molecule has 0 amide bonds. The van der Waals surface area contributed by atoms with Gasteiger partial charge in [-0.15, -0.1) is 0 Å². The van der Waals surface area contributed by atoms with E-state index in [1.807, 2.05) is 6.92 Å². The van der Waals surface area contributed by atoms with Crippen molar-refractivity contribution in [2.75, 3.05) is 12.4 Å². The summed E-state index contributed by atoms with van der Waals surface area (Å²) in [5.74, 6) is -1.30. The Bertz CT molecular complexity index is 1670. The minimum absolute atomic E-state index is 0.0443. The molecule has 2 N–H and O–H groups in total. The Morgan fingerprint density at radius 2 is 1.79 bits per heavy atom. The van der Waals surface area contributed by atoms with Crippen molar-refractivity contribution in [3.8, 4) is 0 Å². The summed E-state index contributed by atoms with van der Waals surface area (Å²) in [5, 5.41) is 6.86. The van der Waals surface area contributed by atoms with Crippen LogP contribution in [0.3, 0.4) is 0 Å². The van der Waals surface area contributed by atoms with E-state index in [9.17, 15) is 30.7 Å². The Morgan fingerprint density at radius 1 is 1.12 bits per heavy atom. The number of hydrogen-bond donors (Lipinski definition) is 2. The predicted octanol–water partition coefficient (Wildman–Crippen LogP) is 7.66. The first-order valence-corrected chi connectivity index (χ1v) is 13.0. The molecule has 5 nitrogen and oxygen atoms in total. The van der Waals surface area contributed by atoms with Crippen LogP contribution in [0.4, 0.5) is 36.4 Å². The van der Waals surface area contributed by atoms with Gasteiger partial charge in [-0.2, -0.15) is 13.2 Å². The zero-order valence-corrected chi connectivity index (χ0v) is 23.5. The first-order chi connectivity index (χ1) is 19.7. The minimum atomic E-state index is -4.72. The van der Waals surface area contributed by atoms with Crippen LogP contribution in [0.25, 0.3) is 16.7 Å². The second-order valence-corrected chi connectivity index (χ2v) is 10.1. The van der Waals surface area contributed by atoms with Crippen LogP contribution in [0.5, 0.6) is 0 Å². The quantitative estimate of drug-likeness (QED) is 0.227. The van der Waals surface area contributed by atoms with Crippen LogP contribution in [0.15, 0.2) is 60.1 Å². The molecule has 13 heteroatoms. The van der Waals surface area contributed by atoms with Gasteiger partial charge in [0.25, 0.3) is 6.43 Å². The van der Waals surface area contributed by atoms with E-state index < -0.39 is 30.5 Å². The first kappa shape index (κ1) is 31.2. The van der Waals surface area contributed by atoms with Crippen LogP contribution in [-0.4, -0.2) is 22.6 Å². The summed E-state index contributed by atoms with van der Waals surface area (Å²) in [4.78, 5) is 4.18. The highest BCUT2D eigenvalue weighted by atomic mass is 35.5. The summed E-state index contributed by atoms with van der Waals surface area (Å²) in [6.07, 6.45) is -7.35. The molecule has 0 aliphatic carbocycles. The van der Waals surface area contributed by atoms with Crippen LogP contribution in [0, 0.1) is 11.6 Å². The number of nitrogens with zero attached hydrogens (tertiary/aromatic N) is 3. The zero-order valence-electron chi connectivity index (χ0n) is 22.8. The lowest BCUT2D eigenvalue weighted by Crippen LogP contribution is -2.26. The van der Waals surface area contributed by atoms with E-state index >= 15 is 0 Å². The molecule has 4 aromatic rings. The van der Waals surface area contributed by atoms with Crippen molar-refractivity contribution in [1.82, 2.24) is 14.5 Å². The van der Waals surface area contributed by atoms with E-state index in [4.69, 9.17) is 11.6 Å². The van der Waals surface area contributed by atoms with Crippen LogP contribution in [0.1, 0.15) is 35.2 Å². The number of fused-ring (bicyclic) bond motifs is 3. The van der Waals surface area contributed by atoms with E-state index in [0.29, 0.717) is 34.5 Å². The second-order valence-electron chi connectivity index (χ2n) is 9.64. The van der Waals surface area contributed by atoms with Gasteiger partial charge in [-0.05, 0) is 61.0 Å². The van der Waals surface area contributed by atoms with Gasteiger partial charge in [-0.1, -0.05) is 18.2 Å². The monoisotopic (exact) mass is 613 g/mol. The molecule has 1 aromatic heterocycles. The van der Waals surface area contributed by atoms with Crippen LogP contribution in [0.2, 0.25) is 5.02 Å². The fourth-order valence-corrected chi connectivity index (χ4v) is 5.10. The summed E-state index contributed by atoms with van der Waals surface area (Å²) in [7, 11) is 3.26. The number of alkyl halides is 5. The van der Waals surface area contributed by atoms with Crippen LogP contribution in [-0.2, 0) is 26.3 Å². The van der Waals surface area contributed by atoms with E-state index in [1.165, 1.54) is 35.9 Å². The highest BCUT2D eigenvalue weighted by Crippen LogP contribution is 2.39. The van der Waals surface area contributed by atoms with Crippen molar-refractivity contribution in [3.05, 3.63) is 99.6 Å². The summed E-state index contributed by atoms with van der Waals surface area (Å²) in [6.45, 7) is 5.60. The lowest BCUT2D eigenvalue weighted by Gasteiger charge is -2.17. The molecule has 0 spiro atoms. The fraction of sp³-hybridized carbons (Fsp3) is 0.276. The molecule has 0 fully saturated rings. The molecule has 0 bridgehead atoms. The normalized spacial score (nSPS) is 15.1. The smallest absolute Gasteiger partial charge is 0.355 e. The van der Waals surface area contributed by atoms with Gasteiger partial charge >= 0.3 is 6.18 Å². The van der Waals surface area contributed by atoms with Gasteiger partial charge in [-0.3, -0.25) is 4.99 Å². The third-order valence-corrected chi connectivity index (χ3v) is 7.05. The predicted molar refractivity (Wildman–Crippen MR) is 149 cm³/mol. The molecule has 2 heterocycles. The summed E-state index contributed by atoms with van der Waals surface area (Å²) < 4.78 is 95.4. The van der Waals surface area contributed by atoms with Gasteiger partial charge < -0.3 is 19.8 Å². The summed E-state index contributed by atoms with van der Waals surface area (Å²) in [6, 6.07) is 9.39. The standard InChI is InChI=1S/C23H23F6N5.C6H4ClF/c1-11(13-5-14(23(27,28)29)7-15(24)6-13)32-17-8-18-21(20-12(2)31-9-16(17)20)33(4)22(30-3)34(18)10-19(25)26;7-5-1-3-6(8)4-2-5/h5-8,12,19,31-32H,1,9-10H2,2-4H3;1-4H. The minimum Gasteiger partial charge on any atom is -0.355 e. The molecule has 0 saturated carbocycles. The van der Waals surface area contributed by atoms with Crippen molar-refractivity contribution in [1.29, 1.82) is 0 Å². The van der Waals surface area contributed by atoms with Gasteiger partial charge in [0.1, 0.15) is 11.6 Å². The highest BCUT2D eigenvalue weighted by molar-refractivity contribution is 6.30. The largest absolute Gasteiger partial charge is 0.416 e. The zero-order chi connectivity index (χ0) is 30.9. The topological polar surface area (TPSA) is 46.3 Å². The summed E-state index contributed by atoms with van der Waals surface area (Å²) >= 11 is 5.44. The molecule has 224 valence electrons. The van der Waals surface area contributed by atoms with Crippen molar-refractivity contribution in [2.45, 2.75) is 38.7 Å². The van der Waals surface area contributed by atoms with Gasteiger partial charge in [0, 0.05) is 54.2 Å². The van der Waals surface area contributed by atoms with Crippen molar-refractivity contribution in [3.63, 3.8) is 0 Å².